The van der Waals surface area contributed by atoms with Gasteiger partial charge in [-0.15, -0.1) is 0 Å². The SMILES string of the molecule is CCN1C(=O)C(C)Oc2ccc(NC(=O)c3ccco3)cc21. The average molecular weight is 300 g/mol. The van der Waals surface area contributed by atoms with Gasteiger partial charge in [-0.1, -0.05) is 0 Å². The van der Waals surface area contributed by atoms with Gasteiger partial charge in [-0.05, 0) is 44.2 Å². The minimum Gasteiger partial charge on any atom is -0.479 e. The van der Waals surface area contributed by atoms with Gasteiger partial charge in [0.2, 0.25) is 0 Å². The molecule has 0 spiro atoms. The van der Waals surface area contributed by atoms with Crippen LogP contribution in [0.4, 0.5) is 11.4 Å². The quantitative estimate of drug-likeness (QED) is 0.946. The third kappa shape index (κ3) is 2.43. The summed E-state index contributed by atoms with van der Waals surface area (Å²) in [6.07, 6.45) is 0.935. The molecular formula is C16H16N2O4. The van der Waals surface area contributed by atoms with Gasteiger partial charge in [0, 0.05) is 12.2 Å². The van der Waals surface area contributed by atoms with Gasteiger partial charge in [0.15, 0.2) is 11.9 Å². The number of hydrogen-bond acceptors (Lipinski definition) is 4. The Morgan fingerprint density at radius 1 is 1.36 bits per heavy atom. The van der Waals surface area contributed by atoms with E-state index in [1.807, 2.05) is 6.92 Å². The summed E-state index contributed by atoms with van der Waals surface area (Å²) in [5.74, 6) is 0.421. The van der Waals surface area contributed by atoms with Gasteiger partial charge in [-0.2, -0.15) is 0 Å². The molecule has 114 valence electrons. The van der Waals surface area contributed by atoms with Crippen LogP contribution in [0.15, 0.2) is 41.0 Å². The summed E-state index contributed by atoms with van der Waals surface area (Å²) < 4.78 is 10.6. The normalized spacial score (nSPS) is 16.9. The van der Waals surface area contributed by atoms with Crippen molar-refractivity contribution in [2.45, 2.75) is 20.0 Å². The van der Waals surface area contributed by atoms with Crippen LogP contribution >= 0.6 is 0 Å². The van der Waals surface area contributed by atoms with Crippen LogP contribution < -0.4 is 15.0 Å². The van der Waals surface area contributed by atoms with Gasteiger partial charge in [0.25, 0.3) is 11.8 Å². The van der Waals surface area contributed by atoms with Gasteiger partial charge < -0.3 is 19.4 Å². The van der Waals surface area contributed by atoms with E-state index in [0.717, 1.165) is 0 Å². The highest BCUT2D eigenvalue weighted by Crippen LogP contribution is 2.36. The number of amides is 2. The van der Waals surface area contributed by atoms with Gasteiger partial charge in [-0.3, -0.25) is 9.59 Å². The van der Waals surface area contributed by atoms with Crippen LogP contribution in [0.5, 0.6) is 5.75 Å². The molecule has 2 amide bonds. The first-order valence-electron chi connectivity index (χ1n) is 7.07. The maximum Gasteiger partial charge on any atom is 0.291 e. The molecule has 22 heavy (non-hydrogen) atoms. The molecule has 0 saturated heterocycles. The van der Waals surface area contributed by atoms with Gasteiger partial charge in [0.1, 0.15) is 5.75 Å². The molecule has 1 N–H and O–H groups in total. The molecule has 6 nitrogen and oxygen atoms in total. The maximum absolute atomic E-state index is 12.1. The van der Waals surface area contributed by atoms with Crippen molar-refractivity contribution in [2.75, 3.05) is 16.8 Å². The molecule has 0 bridgehead atoms. The Kier molecular flexibility index (Phi) is 3.58. The number of likely N-dealkylation sites (N-methyl/N-ethyl adjacent to an activating group) is 1. The Morgan fingerprint density at radius 2 is 2.18 bits per heavy atom. The third-order valence-corrected chi connectivity index (χ3v) is 3.49. The number of hydrogen-bond donors (Lipinski definition) is 1. The largest absolute Gasteiger partial charge is 0.479 e. The molecule has 0 fully saturated rings. The minimum atomic E-state index is -0.504. The first kappa shape index (κ1) is 14.2. The van der Waals surface area contributed by atoms with E-state index in [2.05, 4.69) is 5.32 Å². The number of ether oxygens (including phenoxy) is 1. The van der Waals surface area contributed by atoms with E-state index in [-0.39, 0.29) is 17.6 Å². The summed E-state index contributed by atoms with van der Waals surface area (Å²) in [7, 11) is 0. The molecule has 1 unspecified atom stereocenters. The van der Waals surface area contributed by atoms with Crippen molar-refractivity contribution >= 4 is 23.2 Å². The maximum atomic E-state index is 12.1. The zero-order chi connectivity index (χ0) is 15.7. The van der Waals surface area contributed by atoms with Crippen LogP contribution in [0.2, 0.25) is 0 Å². The van der Waals surface area contributed by atoms with Crippen LogP contribution in [-0.4, -0.2) is 24.5 Å². The lowest BCUT2D eigenvalue weighted by atomic mass is 10.1. The summed E-state index contributed by atoms with van der Waals surface area (Å²) in [6.45, 7) is 4.16. The highest BCUT2D eigenvalue weighted by atomic mass is 16.5. The summed E-state index contributed by atoms with van der Waals surface area (Å²) in [5.41, 5.74) is 1.23. The number of nitrogens with zero attached hydrogens (tertiary/aromatic N) is 1. The summed E-state index contributed by atoms with van der Waals surface area (Å²) >= 11 is 0. The van der Waals surface area contributed by atoms with E-state index in [1.165, 1.54) is 6.26 Å². The molecule has 0 saturated carbocycles. The average Bonchev–Trinajstić information content (AvgIpc) is 3.03. The predicted molar refractivity (Wildman–Crippen MR) is 81.2 cm³/mol. The third-order valence-electron chi connectivity index (χ3n) is 3.49. The summed E-state index contributed by atoms with van der Waals surface area (Å²) in [5, 5.41) is 2.74. The number of fused-ring (bicyclic) bond motifs is 1. The van der Waals surface area contributed by atoms with E-state index >= 15 is 0 Å². The van der Waals surface area contributed by atoms with E-state index in [0.29, 0.717) is 23.7 Å². The Morgan fingerprint density at radius 3 is 2.86 bits per heavy atom. The lowest BCUT2D eigenvalue weighted by molar-refractivity contribution is -0.125. The van der Waals surface area contributed by atoms with Crippen molar-refractivity contribution in [1.29, 1.82) is 0 Å². The van der Waals surface area contributed by atoms with Crippen molar-refractivity contribution in [3.05, 3.63) is 42.4 Å². The number of carbonyl (C=O) groups is 2. The second-order valence-corrected chi connectivity index (χ2v) is 4.96. The van der Waals surface area contributed by atoms with Gasteiger partial charge in [-0.25, -0.2) is 0 Å². The molecule has 1 aliphatic heterocycles. The smallest absolute Gasteiger partial charge is 0.291 e. The second kappa shape index (κ2) is 5.55. The van der Waals surface area contributed by atoms with E-state index < -0.39 is 6.10 Å². The Balaban J connectivity index is 1.88. The molecule has 1 aromatic heterocycles. The van der Waals surface area contributed by atoms with Crippen LogP contribution in [0, 0.1) is 0 Å². The predicted octanol–water partition coefficient (Wildman–Crippen LogP) is 2.67. The molecule has 3 rings (SSSR count). The number of furan rings is 1. The number of carbonyl (C=O) groups excluding carboxylic acids is 2. The van der Waals surface area contributed by atoms with Gasteiger partial charge >= 0.3 is 0 Å². The molecule has 1 atom stereocenters. The highest BCUT2D eigenvalue weighted by molar-refractivity contribution is 6.04. The number of anilines is 2. The molecule has 6 heteroatoms. The van der Waals surface area contributed by atoms with Crippen molar-refractivity contribution in [3.63, 3.8) is 0 Å². The van der Waals surface area contributed by atoms with E-state index in [1.54, 1.807) is 42.2 Å². The second-order valence-electron chi connectivity index (χ2n) is 4.96. The lowest BCUT2D eigenvalue weighted by Gasteiger charge is -2.32. The Labute approximate surface area is 127 Å². The number of nitrogens with one attached hydrogen (secondary N) is 1. The highest BCUT2D eigenvalue weighted by Gasteiger charge is 2.30. The number of rotatable bonds is 3. The standard InChI is InChI=1S/C16H16N2O4/c1-3-18-12-9-11(17-15(19)14-5-4-8-21-14)6-7-13(12)22-10(2)16(18)20/h4-10H,3H2,1-2H3,(H,17,19). The lowest BCUT2D eigenvalue weighted by Crippen LogP contribution is -2.44. The zero-order valence-electron chi connectivity index (χ0n) is 12.3. The van der Waals surface area contributed by atoms with Crippen LogP contribution in [0.1, 0.15) is 24.4 Å². The monoisotopic (exact) mass is 300 g/mol. The fourth-order valence-corrected chi connectivity index (χ4v) is 2.41. The first-order chi connectivity index (χ1) is 10.6. The van der Waals surface area contributed by atoms with Crippen molar-refractivity contribution in [1.82, 2.24) is 0 Å². The first-order valence-corrected chi connectivity index (χ1v) is 7.07. The Bertz CT molecular complexity index is 709. The van der Waals surface area contributed by atoms with Crippen LogP contribution in [0.25, 0.3) is 0 Å². The number of benzene rings is 1. The Hall–Kier alpha value is -2.76. The van der Waals surface area contributed by atoms with Crippen molar-refractivity contribution < 1.29 is 18.7 Å². The summed E-state index contributed by atoms with van der Waals surface area (Å²) in [4.78, 5) is 25.8. The molecule has 1 aromatic carbocycles. The van der Waals surface area contributed by atoms with E-state index in [9.17, 15) is 9.59 Å². The van der Waals surface area contributed by atoms with Crippen LogP contribution in [-0.2, 0) is 4.79 Å². The van der Waals surface area contributed by atoms with Crippen molar-refractivity contribution in [2.24, 2.45) is 0 Å². The molecular weight excluding hydrogens is 284 g/mol. The topological polar surface area (TPSA) is 71.8 Å². The van der Waals surface area contributed by atoms with Gasteiger partial charge in [0.05, 0.1) is 12.0 Å². The fourth-order valence-electron chi connectivity index (χ4n) is 2.41. The van der Waals surface area contributed by atoms with Crippen molar-refractivity contribution in [3.8, 4) is 5.75 Å². The van der Waals surface area contributed by atoms with E-state index in [4.69, 9.17) is 9.15 Å². The summed E-state index contributed by atoms with van der Waals surface area (Å²) in [6, 6.07) is 8.44. The molecule has 1 aliphatic rings. The zero-order valence-corrected chi connectivity index (χ0v) is 12.3. The molecule has 0 radical (unpaired) electrons. The molecule has 2 aromatic rings. The fraction of sp³-hybridized carbons (Fsp3) is 0.250. The molecule has 2 heterocycles. The minimum absolute atomic E-state index is 0.0930. The van der Waals surface area contributed by atoms with Crippen LogP contribution in [0.3, 0.4) is 0 Å². The molecule has 0 aliphatic carbocycles.